The van der Waals surface area contributed by atoms with Crippen LogP contribution in [0, 0.1) is 5.92 Å². The Morgan fingerprint density at radius 2 is 1.87 bits per heavy atom. The molecule has 1 aromatic heterocycles. The van der Waals surface area contributed by atoms with Crippen LogP contribution in [0.15, 0.2) is 41.1 Å². The molecule has 0 bridgehead atoms. The third kappa shape index (κ3) is 2.46. The van der Waals surface area contributed by atoms with Gasteiger partial charge in [0, 0.05) is 11.6 Å². The van der Waals surface area contributed by atoms with Gasteiger partial charge in [0.05, 0.1) is 0 Å². The van der Waals surface area contributed by atoms with Crippen LogP contribution in [0.4, 0.5) is 0 Å². The molecule has 0 N–H and O–H groups in total. The fourth-order valence-electron chi connectivity index (χ4n) is 1.64. The highest BCUT2D eigenvalue weighted by Crippen LogP contribution is 2.18. The van der Waals surface area contributed by atoms with Gasteiger partial charge in [-0.05, 0) is 17.9 Å². The predicted molar refractivity (Wildman–Crippen MR) is 60.5 cm³/mol. The quantitative estimate of drug-likeness (QED) is 0.759. The molecule has 2 heteroatoms. The molecule has 0 fully saturated rings. The zero-order valence-corrected chi connectivity index (χ0v) is 9.10. The minimum atomic E-state index is 0.697. The molecule has 0 spiro atoms. The number of nitrogens with zero attached hydrogens (tertiary/aromatic N) is 1. The van der Waals surface area contributed by atoms with E-state index < -0.39 is 0 Å². The average Bonchev–Trinajstić information content (AvgIpc) is 2.71. The molecule has 2 aromatic rings. The molecule has 0 amide bonds. The fraction of sp³-hybridized carbons (Fsp3) is 0.308. The molecule has 0 saturated carbocycles. The maximum atomic E-state index is 4.81. The van der Waals surface area contributed by atoms with E-state index in [1.54, 1.807) is 6.26 Å². The van der Waals surface area contributed by atoms with Gasteiger partial charge in [-0.1, -0.05) is 43.3 Å². The van der Waals surface area contributed by atoms with Crippen LogP contribution in [0.5, 0.6) is 0 Å². The Morgan fingerprint density at radius 1 is 1.13 bits per heavy atom. The Hall–Kier alpha value is -1.57. The highest BCUT2D eigenvalue weighted by atomic mass is 16.5. The summed E-state index contributed by atoms with van der Waals surface area (Å²) >= 11 is 0. The van der Waals surface area contributed by atoms with Crippen molar-refractivity contribution in [3.63, 3.8) is 0 Å². The lowest BCUT2D eigenvalue weighted by molar-refractivity contribution is 0.422. The van der Waals surface area contributed by atoms with Gasteiger partial charge in [-0.2, -0.15) is 0 Å². The molecule has 0 aliphatic rings. The first-order chi connectivity index (χ1) is 7.25. The third-order valence-corrected chi connectivity index (χ3v) is 2.33. The van der Waals surface area contributed by atoms with E-state index in [-0.39, 0.29) is 0 Å². The van der Waals surface area contributed by atoms with Gasteiger partial charge in [-0.25, -0.2) is 0 Å². The maximum absolute atomic E-state index is 4.81. The summed E-state index contributed by atoms with van der Waals surface area (Å²) in [6.07, 6.45) is 2.72. The van der Waals surface area contributed by atoms with Gasteiger partial charge < -0.3 is 4.52 Å². The van der Waals surface area contributed by atoms with Crippen molar-refractivity contribution in [1.29, 1.82) is 0 Å². The highest BCUT2D eigenvalue weighted by Gasteiger charge is 2.01. The van der Waals surface area contributed by atoms with Crippen LogP contribution in [0.3, 0.4) is 0 Å². The van der Waals surface area contributed by atoms with Crippen LogP contribution in [0.2, 0.25) is 0 Å². The van der Waals surface area contributed by atoms with E-state index in [0.717, 1.165) is 17.7 Å². The summed E-state index contributed by atoms with van der Waals surface area (Å²) in [7, 11) is 0. The van der Waals surface area contributed by atoms with E-state index in [2.05, 4.69) is 43.3 Å². The van der Waals surface area contributed by atoms with Gasteiger partial charge in [-0.3, -0.25) is 0 Å². The van der Waals surface area contributed by atoms with E-state index in [0.29, 0.717) is 5.92 Å². The highest BCUT2D eigenvalue weighted by molar-refractivity contribution is 5.58. The molecule has 78 valence electrons. The third-order valence-electron chi connectivity index (χ3n) is 2.33. The molecule has 15 heavy (non-hydrogen) atoms. The molecule has 1 aromatic carbocycles. The largest absolute Gasteiger partial charge is 0.364 e. The first-order valence-electron chi connectivity index (χ1n) is 5.25. The Labute approximate surface area is 89.9 Å². The molecule has 0 aliphatic heterocycles. The van der Waals surface area contributed by atoms with Crippen molar-refractivity contribution >= 4 is 0 Å². The Morgan fingerprint density at radius 3 is 2.40 bits per heavy atom. The maximum Gasteiger partial charge on any atom is 0.124 e. The second kappa shape index (κ2) is 4.30. The van der Waals surface area contributed by atoms with E-state index in [4.69, 9.17) is 4.52 Å². The average molecular weight is 201 g/mol. The minimum Gasteiger partial charge on any atom is -0.364 e. The zero-order chi connectivity index (χ0) is 10.7. The predicted octanol–water partition coefficient (Wildman–Crippen LogP) is 3.54. The smallest absolute Gasteiger partial charge is 0.124 e. The molecule has 0 saturated heterocycles. The summed E-state index contributed by atoms with van der Waals surface area (Å²) < 4.78 is 4.81. The first-order valence-corrected chi connectivity index (χ1v) is 5.25. The van der Waals surface area contributed by atoms with Crippen LogP contribution in [-0.4, -0.2) is 5.16 Å². The van der Waals surface area contributed by atoms with Crippen LogP contribution >= 0.6 is 0 Å². The van der Waals surface area contributed by atoms with Crippen molar-refractivity contribution in [3.05, 3.63) is 42.2 Å². The summed E-state index contributed by atoms with van der Waals surface area (Å²) in [5.74, 6) is 0.697. The Kier molecular flexibility index (Phi) is 2.86. The minimum absolute atomic E-state index is 0.697. The molecule has 2 rings (SSSR count). The van der Waals surface area contributed by atoms with Gasteiger partial charge in [-0.15, -0.1) is 0 Å². The van der Waals surface area contributed by atoms with Crippen molar-refractivity contribution in [1.82, 2.24) is 5.16 Å². The SMILES string of the molecule is CC(C)Cc1ccc(-c2ccon2)cc1. The molecule has 1 heterocycles. The lowest BCUT2D eigenvalue weighted by Gasteiger charge is -2.04. The number of rotatable bonds is 3. The molecule has 0 atom stereocenters. The Balaban J connectivity index is 2.17. The standard InChI is InChI=1S/C13H15NO/c1-10(2)9-11-3-5-12(6-4-11)13-7-8-15-14-13/h3-8,10H,9H2,1-2H3. The zero-order valence-electron chi connectivity index (χ0n) is 9.10. The second-order valence-electron chi connectivity index (χ2n) is 4.18. The van der Waals surface area contributed by atoms with Crippen molar-refractivity contribution < 1.29 is 4.52 Å². The number of hydrogen-bond donors (Lipinski definition) is 0. The summed E-state index contributed by atoms with van der Waals surface area (Å²) in [6, 6.07) is 10.4. The van der Waals surface area contributed by atoms with Crippen molar-refractivity contribution in [2.75, 3.05) is 0 Å². The van der Waals surface area contributed by atoms with Gasteiger partial charge in [0.25, 0.3) is 0 Å². The van der Waals surface area contributed by atoms with E-state index >= 15 is 0 Å². The van der Waals surface area contributed by atoms with Crippen LogP contribution in [-0.2, 0) is 6.42 Å². The van der Waals surface area contributed by atoms with Crippen molar-refractivity contribution in [2.24, 2.45) is 5.92 Å². The summed E-state index contributed by atoms with van der Waals surface area (Å²) in [5, 5.41) is 3.90. The van der Waals surface area contributed by atoms with Crippen molar-refractivity contribution in [2.45, 2.75) is 20.3 Å². The molecule has 2 nitrogen and oxygen atoms in total. The molecule has 0 radical (unpaired) electrons. The fourth-order valence-corrected chi connectivity index (χ4v) is 1.64. The molecular weight excluding hydrogens is 186 g/mol. The lowest BCUT2D eigenvalue weighted by atomic mass is 10.0. The summed E-state index contributed by atoms with van der Waals surface area (Å²) in [4.78, 5) is 0. The summed E-state index contributed by atoms with van der Waals surface area (Å²) in [5.41, 5.74) is 3.37. The van der Waals surface area contributed by atoms with Gasteiger partial charge >= 0.3 is 0 Å². The Bertz CT molecular complexity index is 401. The lowest BCUT2D eigenvalue weighted by Crippen LogP contribution is -1.93. The van der Waals surface area contributed by atoms with Gasteiger partial charge in [0.15, 0.2) is 0 Å². The summed E-state index contributed by atoms with van der Waals surface area (Å²) in [6.45, 7) is 4.46. The van der Waals surface area contributed by atoms with Gasteiger partial charge in [0.2, 0.25) is 0 Å². The van der Waals surface area contributed by atoms with Crippen LogP contribution in [0.1, 0.15) is 19.4 Å². The number of benzene rings is 1. The monoisotopic (exact) mass is 201 g/mol. The van der Waals surface area contributed by atoms with Crippen LogP contribution in [0.25, 0.3) is 11.3 Å². The normalized spacial score (nSPS) is 10.9. The number of hydrogen-bond acceptors (Lipinski definition) is 2. The second-order valence-corrected chi connectivity index (χ2v) is 4.18. The molecule has 0 unspecified atom stereocenters. The van der Waals surface area contributed by atoms with E-state index in [9.17, 15) is 0 Å². The van der Waals surface area contributed by atoms with Crippen LogP contribution < -0.4 is 0 Å². The van der Waals surface area contributed by atoms with Crippen molar-refractivity contribution in [3.8, 4) is 11.3 Å². The number of aromatic nitrogens is 1. The van der Waals surface area contributed by atoms with E-state index in [1.165, 1.54) is 5.56 Å². The molecular formula is C13H15NO. The molecule has 0 aliphatic carbocycles. The van der Waals surface area contributed by atoms with E-state index in [1.807, 2.05) is 6.07 Å². The topological polar surface area (TPSA) is 26.0 Å². The first kappa shape index (κ1) is 9.97. The van der Waals surface area contributed by atoms with Gasteiger partial charge in [0.1, 0.15) is 12.0 Å².